The van der Waals surface area contributed by atoms with E-state index in [2.05, 4.69) is 29.7 Å². The number of carbonyl (C=O) groups excluding carboxylic acids is 2. The van der Waals surface area contributed by atoms with Gasteiger partial charge in [-0.25, -0.2) is 9.78 Å². The van der Waals surface area contributed by atoms with Gasteiger partial charge in [0.25, 0.3) is 17.4 Å². The molecule has 0 aliphatic carbocycles. The van der Waals surface area contributed by atoms with Crippen molar-refractivity contribution in [3.8, 4) is 16.9 Å². The summed E-state index contributed by atoms with van der Waals surface area (Å²) in [4.78, 5) is 48.5. The van der Waals surface area contributed by atoms with Crippen LogP contribution < -0.4 is 31.5 Å². The highest BCUT2D eigenvalue weighted by Gasteiger charge is 2.58. The van der Waals surface area contributed by atoms with Crippen LogP contribution in [0.1, 0.15) is 38.4 Å². The molecule has 8 N–H and O–H groups in total. The number of fused-ring (bicyclic) bond motifs is 1. The Morgan fingerprint density at radius 3 is 2.63 bits per heavy atom. The molecular weight excluding hydrogens is 711 g/mol. The number of aryl methyl sites for hydroxylation is 2. The van der Waals surface area contributed by atoms with E-state index >= 15 is 0 Å². The summed E-state index contributed by atoms with van der Waals surface area (Å²) < 4.78 is 45.9. The topological polar surface area (TPSA) is 267 Å². The summed E-state index contributed by atoms with van der Waals surface area (Å²) in [5.41, 5.74) is 10.6. The van der Waals surface area contributed by atoms with Crippen molar-refractivity contribution in [2.75, 3.05) is 18.8 Å². The van der Waals surface area contributed by atoms with Crippen LogP contribution in [0.4, 0.5) is 5.13 Å². The summed E-state index contributed by atoms with van der Waals surface area (Å²) in [7, 11) is -3.08. The molecule has 21 heteroatoms. The first-order chi connectivity index (χ1) is 23.8. The first-order valence-electron chi connectivity index (χ1n) is 15.7. The van der Waals surface area contributed by atoms with Crippen molar-refractivity contribution >= 4 is 50.4 Å². The number of nitrogens with zero attached hydrogens (tertiary/aromatic N) is 5. The molecule has 3 atom stereocenters. The minimum Gasteiger partial charge on any atom is -0.485 e. The summed E-state index contributed by atoms with van der Waals surface area (Å²) in [6.07, 6.45) is 3.67. The minimum atomic E-state index is -5.03. The molecule has 19 nitrogen and oxygen atoms in total. The molecule has 6 rings (SSSR count). The van der Waals surface area contributed by atoms with Crippen LogP contribution in [-0.2, 0) is 53.9 Å². The fourth-order valence-electron chi connectivity index (χ4n) is 6.10. The van der Waals surface area contributed by atoms with Crippen molar-refractivity contribution in [1.82, 2.24) is 25.4 Å². The van der Waals surface area contributed by atoms with E-state index < -0.39 is 57.2 Å². The fraction of sp³-hybridized carbons (Fsp3) is 0.467. The third kappa shape index (κ3) is 6.99. The third-order valence-corrected chi connectivity index (χ3v) is 10.3. The summed E-state index contributed by atoms with van der Waals surface area (Å²) in [6, 6.07) is 4.30. The van der Waals surface area contributed by atoms with Crippen molar-refractivity contribution in [2.24, 2.45) is 17.9 Å². The van der Waals surface area contributed by atoms with E-state index in [1.165, 1.54) is 26.2 Å². The number of aliphatic carboxylic acids is 1. The highest BCUT2D eigenvalue weighted by molar-refractivity contribution is 7.80. The lowest BCUT2D eigenvalue weighted by molar-refractivity contribution is -0.754. The molecule has 5 heterocycles. The Kier molecular flexibility index (Phi) is 9.09. The monoisotopic (exact) mass is 748 g/mol. The lowest BCUT2D eigenvalue weighted by Crippen LogP contribution is -2.76. The number of nitrogens with one attached hydrogen (secondary N) is 2. The maximum absolute atomic E-state index is 13.5. The third-order valence-electron chi connectivity index (χ3n) is 9.26. The Labute approximate surface area is 296 Å². The molecule has 0 unspecified atom stereocenters. The van der Waals surface area contributed by atoms with Crippen LogP contribution in [0, 0.1) is 0 Å². The zero-order valence-electron chi connectivity index (χ0n) is 28.0. The number of ether oxygens (including phenoxy) is 1. The molecule has 1 aromatic carbocycles. The molecule has 3 aliphatic rings. The van der Waals surface area contributed by atoms with E-state index in [-0.39, 0.29) is 22.8 Å². The van der Waals surface area contributed by atoms with Gasteiger partial charge in [-0.3, -0.25) is 14.1 Å². The normalized spacial score (nSPS) is 22.1. The van der Waals surface area contributed by atoms with Gasteiger partial charge in [0.15, 0.2) is 24.0 Å². The average Bonchev–Trinajstić information content (AvgIpc) is 3.64. The first-order valence-corrected chi connectivity index (χ1v) is 17.9. The van der Waals surface area contributed by atoms with Crippen LogP contribution >= 0.6 is 11.3 Å². The van der Waals surface area contributed by atoms with Gasteiger partial charge in [0.05, 0.1) is 29.4 Å². The average molecular weight is 749 g/mol. The van der Waals surface area contributed by atoms with Crippen molar-refractivity contribution in [3.63, 3.8) is 0 Å². The maximum atomic E-state index is 13.5. The minimum absolute atomic E-state index is 0.0649. The molecule has 2 aromatic heterocycles. The maximum Gasteiger partial charge on any atom is 0.418 e. The van der Waals surface area contributed by atoms with Crippen LogP contribution in [-0.4, -0.2) is 98.2 Å². The second kappa shape index (κ2) is 12.8. The number of hydrogen-bond donors (Lipinski definition) is 6. The SMILES string of the molecule is C[n+]1cc(-c2ccc3c(c2)CC[C@H]([C@](C)(O/N=C(\C(=O)N[C@@H]2C(=O)N(OS(=O)(=O)O)C2(C)C)c2csc(N)n2)C(=O)O)O3)cn1CC1(N)CNC1. The van der Waals surface area contributed by atoms with E-state index in [9.17, 15) is 27.9 Å². The molecular formula is C30H38N9O10S2+. The van der Waals surface area contributed by atoms with E-state index in [0.717, 1.165) is 41.1 Å². The van der Waals surface area contributed by atoms with E-state index in [0.29, 0.717) is 23.8 Å². The van der Waals surface area contributed by atoms with Crippen molar-refractivity contribution in [2.45, 2.75) is 69.0 Å². The molecule has 274 valence electrons. The quantitative estimate of drug-likeness (QED) is 0.0432. The van der Waals surface area contributed by atoms with E-state index in [1.54, 1.807) is 6.07 Å². The predicted octanol–water partition coefficient (Wildman–Crippen LogP) is -0.883. The number of benzene rings is 1. The lowest BCUT2D eigenvalue weighted by Gasteiger charge is -2.50. The van der Waals surface area contributed by atoms with Gasteiger partial charge in [-0.1, -0.05) is 11.2 Å². The molecule has 0 radical (unpaired) electrons. The molecule has 51 heavy (non-hydrogen) atoms. The standard InChI is InChI=1S/C30H37N9O10S2/c1-28(2)23(25(41)39(28)49-51(44,45)46)35-24(40)22(19-12-50-27(31)34-19)36-48-29(3,26(42)43)21-8-6-17-9-16(5-7-20(17)47-21)18-10-37(4)38(11-18)15-30(32)13-33-14-30/h5,7,9-12,21,23,33H,6,8,13-15,32H2,1-4H3,(H4-,31,34,35,40,42,43,44,45,46)/p+1/b36-22-/t21-,23-,29+/m1/s1. The highest BCUT2D eigenvalue weighted by atomic mass is 32.3. The number of anilines is 1. The second-order valence-corrected chi connectivity index (χ2v) is 15.4. The van der Waals surface area contributed by atoms with Crippen LogP contribution in [0.25, 0.3) is 11.1 Å². The Hall–Kier alpha value is -4.67. The van der Waals surface area contributed by atoms with Crippen LogP contribution in [0.15, 0.2) is 41.1 Å². The number of nitrogen functional groups attached to an aromatic ring is 1. The Bertz CT molecular complexity index is 2040. The molecule has 0 saturated carbocycles. The van der Waals surface area contributed by atoms with E-state index in [1.807, 2.05) is 36.3 Å². The number of rotatable bonds is 12. The van der Waals surface area contributed by atoms with Crippen molar-refractivity contribution < 1.29 is 51.0 Å². The molecule has 2 fully saturated rings. The second-order valence-electron chi connectivity index (χ2n) is 13.5. The van der Waals surface area contributed by atoms with Crippen LogP contribution in [0.3, 0.4) is 0 Å². The van der Waals surface area contributed by atoms with Gasteiger partial charge in [0.1, 0.15) is 17.5 Å². The molecule has 2 amide bonds. The first kappa shape index (κ1) is 36.1. The summed E-state index contributed by atoms with van der Waals surface area (Å²) in [5.74, 6) is -2.96. The number of amides is 2. The lowest BCUT2D eigenvalue weighted by atomic mass is 9.84. The number of hydroxylamine groups is 2. The number of oxime groups is 1. The van der Waals surface area contributed by atoms with Gasteiger partial charge < -0.3 is 36.8 Å². The van der Waals surface area contributed by atoms with Gasteiger partial charge in [0.2, 0.25) is 6.20 Å². The van der Waals surface area contributed by atoms with Gasteiger partial charge in [-0.15, -0.1) is 20.3 Å². The van der Waals surface area contributed by atoms with Crippen molar-refractivity contribution in [3.05, 3.63) is 47.2 Å². The van der Waals surface area contributed by atoms with Gasteiger partial charge >= 0.3 is 16.4 Å². The van der Waals surface area contributed by atoms with Gasteiger partial charge in [0, 0.05) is 18.5 Å². The number of β-lactam (4-membered cyclic amide) rings is 1. The summed E-state index contributed by atoms with van der Waals surface area (Å²) in [5, 5.41) is 21.7. The van der Waals surface area contributed by atoms with Gasteiger partial charge in [-0.2, -0.15) is 18.2 Å². The smallest absolute Gasteiger partial charge is 0.418 e. The molecule has 2 saturated heterocycles. The Morgan fingerprint density at radius 1 is 1.31 bits per heavy atom. The Balaban J connectivity index is 1.20. The molecule has 3 aromatic rings. The van der Waals surface area contributed by atoms with E-state index in [4.69, 9.17) is 25.6 Å². The zero-order chi connectivity index (χ0) is 37.1. The van der Waals surface area contributed by atoms with Crippen LogP contribution in [0.5, 0.6) is 5.75 Å². The Morgan fingerprint density at radius 2 is 2.04 bits per heavy atom. The highest BCUT2D eigenvalue weighted by Crippen LogP contribution is 2.37. The van der Waals surface area contributed by atoms with Crippen molar-refractivity contribution in [1.29, 1.82) is 0 Å². The predicted molar refractivity (Wildman–Crippen MR) is 179 cm³/mol. The number of thiazole rings is 1. The summed E-state index contributed by atoms with van der Waals surface area (Å²) >= 11 is 0.972. The zero-order valence-corrected chi connectivity index (χ0v) is 29.7. The largest absolute Gasteiger partial charge is 0.485 e. The number of hydrogen-bond acceptors (Lipinski definition) is 14. The number of nitrogens with two attached hydrogens (primary N) is 2. The van der Waals surface area contributed by atoms with Crippen LogP contribution in [0.2, 0.25) is 0 Å². The molecule has 3 aliphatic heterocycles. The molecule has 0 bridgehead atoms. The van der Waals surface area contributed by atoms with Gasteiger partial charge in [-0.05, 0) is 56.9 Å². The summed E-state index contributed by atoms with van der Waals surface area (Å²) in [6.45, 7) is 6.16. The number of carboxylic acids is 1. The number of carbonyl (C=O) groups is 3. The number of carboxylic acid groups (broad SMARTS) is 1. The number of aromatic nitrogens is 3. The molecule has 0 spiro atoms. The fourth-order valence-corrected chi connectivity index (χ4v) is 7.10.